The van der Waals surface area contributed by atoms with E-state index in [2.05, 4.69) is 5.32 Å². The van der Waals surface area contributed by atoms with Gasteiger partial charge in [0.15, 0.2) is 0 Å². The summed E-state index contributed by atoms with van der Waals surface area (Å²) < 4.78 is 26.3. The summed E-state index contributed by atoms with van der Waals surface area (Å²) in [4.78, 5) is 2.41. The Morgan fingerprint density at radius 1 is 1.15 bits per heavy atom. The van der Waals surface area contributed by atoms with Gasteiger partial charge in [0.25, 0.3) is 0 Å². The fourth-order valence-corrected chi connectivity index (χ4v) is 3.21. The first-order chi connectivity index (χ1) is 9.37. The van der Waals surface area contributed by atoms with Gasteiger partial charge < -0.3 is 10.2 Å². The van der Waals surface area contributed by atoms with Crippen molar-refractivity contribution < 1.29 is 8.42 Å². The maximum atomic E-state index is 12.5. The normalized spacial score (nSPS) is 12.3. The third kappa shape index (κ3) is 4.86. The first-order valence-electron chi connectivity index (χ1n) is 6.72. The Hall–Kier alpha value is -0.950. The topological polar surface area (TPSA) is 52.7 Å². The first kappa shape index (κ1) is 17.1. The van der Waals surface area contributed by atoms with Crippen LogP contribution in [-0.2, 0) is 16.6 Å². The van der Waals surface area contributed by atoms with Crippen LogP contribution in [0.4, 0.5) is 0 Å². The molecule has 0 aromatic heterocycles. The minimum absolute atomic E-state index is 0.359. The molecular weight excluding hydrogens is 274 g/mol. The number of nitrogens with one attached hydrogen (secondary N) is 1. The van der Waals surface area contributed by atoms with Gasteiger partial charge in [-0.1, -0.05) is 12.1 Å². The van der Waals surface area contributed by atoms with Crippen LogP contribution in [0.15, 0.2) is 29.2 Å². The van der Waals surface area contributed by atoms with Crippen molar-refractivity contribution in [1.29, 1.82) is 0 Å². The van der Waals surface area contributed by atoms with E-state index >= 15 is 0 Å². The largest absolute Gasteiger partial charge is 0.316 e. The van der Waals surface area contributed by atoms with E-state index in [1.165, 1.54) is 4.31 Å². The Balaban J connectivity index is 2.79. The van der Waals surface area contributed by atoms with Gasteiger partial charge in [0.1, 0.15) is 0 Å². The average Bonchev–Trinajstić information content (AvgIpc) is 2.39. The molecule has 6 heteroatoms. The molecule has 0 amide bonds. The van der Waals surface area contributed by atoms with Crippen LogP contribution in [0.2, 0.25) is 0 Å². The zero-order chi connectivity index (χ0) is 15.2. The molecule has 0 spiro atoms. The molecule has 5 nitrogen and oxygen atoms in total. The van der Waals surface area contributed by atoms with Crippen molar-refractivity contribution in [1.82, 2.24) is 14.5 Å². The van der Waals surface area contributed by atoms with Crippen LogP contribution in [0.3, 0.4) is 0 Å². The summed E-state index contributed by atoms with van der Waals surface area (Å²) in [5, 5.41) is 3.02. The van der Waals surface area contributed by atoms with E-state index in [4.69, 9.17) is 0 Å². The van der Waals surface area contributed by atoms with Gasteiger partial charge in [0.2, 0.25) is 10.0 Å². The molecule has 0 heterocycles. The average molecular weight is 299 g/mol. The number of benzene rings is 1. The molecular formula is C14H25N3O2S. The third-order valence-electron chi connectivity index (χ3n) is 3.07. The molecule has 114 valence electrons. The molecule has 1 aromatic carbocycles. The Labute approximate surface area is 122 Å². The van der Waals surface area contributed by atoms with Crippen molar-refractivity contribution in [2.24, 2.45) is 0 Å². The highest BCUT2D eigenvalue weighted by molar-refractivity contribution is 7.89. The van der Waals surface area contributed by atoms with E-state index in [0.717, 1.165) is 18.5 Å². The zero-order valence-electron chi connectivity index (χ0n) is 12.8. The Morgan fingerprint density at radius 3 is 2.45 bits per heavy atom. The SMILES string of the molecule is CNCc1cccc(S(=O)(=O)N(C)CCCN(C)C)c1. The number of hydrogen-bond donors (Lipinski definition) is 1. The van der Waals surface area contributed by atoms with E-state index in [0.29, 0.717) is 18.0 Å². The quantitative estimate of drug-likeness (QED) is 0.777. The molecule has 20 heavy (non-hydrogen) atoms. The molecule has 0 fully saturated rings. The van der Waals surface area contributed by atoms with Crippen molar-refractivity contribution in [3.8, 4) is 0 Å². The van der Waals surface area contributed by atoms with E-state index in [9.17, 15) is 8.42 Å². The smallest absolute Gasteiger partial charge is 0.242 e. The van der Waals surface area contributed by atoms with Gasteiger partial charge >= 0.3 is 0 Å². The van der Waals surface area contributed by atoms with Crippen LogP contribution in [-0.4, -0.2) is 58.9 Å². The lowest BCUT2D eigenvalue weighted by Gasteiger charge is -2.18. The lowest BCUT2D eigenvalue weighted by Crippen LogP contribution is -2.30. The molecule has 0 radical (unpaired) electrons. The van der Waals surface area contributed by atoms with E-state index in [-0.39, 0.29) is 0 Å². The summed E-state index contributed by atoms with van der Waals surface area (Å²) in [5.41, 5.74) is 0.968. The molecule has 0 aliphatic heterocycles. The van der Waals surface area contributed by atoms with Crippen molar-refractivity contribution in [2.45, 2.75) is 17.9 Å². The van der Waals surface area contributed by atoms with Gasteiger partial charge in [0.05, 0.1) is 4.90 Å². The van der Waals surface area contributed by atoms with Crippen LogP contribution in [0.1, 0.15) is 12.0 Å². The van der Waals surface area contributed by atoms with Gasteiger partial charge in [-0.25, -0.2) is 12.7 Å². The maximum Gasteiger partial charge on any atom is 0.242 e. The molecule has 1 rings (SSSR count). The van der Waals surface area contributed by atoms with Crippen LogP contribution in [0.25, 0.3) is 0 Å². The van der Waals surface area contributed by atoms with Crippen LogP contribution in [0.5, 0.6) is 0 Å². The van der Waals surface area contributed by atoms with Crippen molar-refractivity contribution in [3.63, 3.8) is 0 Å². The fraction of sp³-hybridized carbons (Fsp3) is 0.571. The molecule has 0 atom stereocenters. The Morgan fingerprint density at radius 2 is 1.85 bits per heavy atom. The van der Waals surface area contributed by atoms with Crippen LogP contribution < -0.4 is 5.32 Å². The summed E-state index contributed by atoms with van der Waals surface area (Å²) >= 11 is 0. The van der Waals surface area contributed by atoms with E-state index in [1.807, 2.05) is 32.1 Å². The van der Waals surface area contributed by atoms with Crippen molar-refractivity contribution >= 4 is 10.0 Å². The molecule has 0 aliphatic carbocycles. The second-order valence-electron chi connectivity index (χ2n) is 5.16. The van der Waals surface area contributed by atoms with E-state index in [1.54, 1.807) is 25.2 Å². The van der Waals surface area contributed by atoms with Crippen molar-refractivity contribution in [3.05, 3.63) is 29.8 Å². The summed E-state index contributed by atoms with van der Waals surface area (Å²) in [7, 11) is 4.05. The number of sulfonamides is 1. The Kier molecular flexibility index (Phi) is 6.61. The summed E-state index contributed by atoms with van der Waals surface area (Å²) in [6.07, 6.45) is 0.818. The van der Waals surface area contributed by atoms with Gasteiger partial charge in [-0.15, -0.1) is 0 Å². The Bertz CT molecular complexity index is 515. The highest BCUT2D eigenvalue weighted by Gasteiger charge is 2.20. The standard InChI is InChI=1S/C14H25N3O2S/c1-15-12-13-7-5-8-14(11-13)20(18,19)17(4)10-6-9-16(2)3/h5,7-8,11,15H,6,9-10,12H2,1-4H3. The summed E-state index contributed by atoms with van der Waals surface area (Å²) in [5.74, 6) is 0. The third-order valence-corrected chi connectivity index (χ3v) is 4.92. The monoisotopic (exact) mass is 299 g/mol. The fourth-order valence-electron chi connectivity index (χ4n) is 1.93. The zero-order valence-corrected chi connectivity index (χ0v) is 13.6. The molecule has 0 unspecified atom stereocenters. The highest BCUT2D eigenvalue weighted by Crippen LogP contribution is 2.16. The maximum absolute atomic E-state index is 12.5. The highest BCUT2D eigenvalue weighted by atomic mass is 32.2. The molecule has 0 saturated carbocycles. The minimum Gasteiger partial charge on any atom is -0.316 e. The summed E-state index contributed by atoms with van der Waals surface area (Å²) in [6.45, 7) is 2.06. The van der Waals surface area contributed by atoms with Gasteiger partial charge in [0, 0.05) is 20.1 Å². The predicted molar refractivity (Wildman–Crippen MR) is 82.2 cm³/mol. The van der Waals surface area contributed by atoms with E-state index < -0.39 is 10.0 Å². The molecule has 1 aromatic rings. The van der Waals surface area contributed by atoms with Crippen molar-refractivity contribution in [2.75, 3.05) is 41.3 Å². The molecule has 0 saturated heterocycles. The molecule has 1 N–H and O–H groups in total. The lowest BCUT2D eigenvalue weighted by molar-refractivity contribution is 0.370. The second-order valence-corrected chi connectivity index (χ2v) is 7.21. The van der Waals surface area contributed by atoms with Gasteiger partial charge in [-0.3, -0.25) is 0 Å². The van der Waals surface area contributed by atoms with Gasteiger partial charge in [-0.05, 0) is 51.8 Å². The predicted octanol–water partition coefficient (Wildman–Crippen LogP) is 0.978. The van der Waals surface area contributed by atoms with Crippen LogP contribution in [0, 0.1) is 0 Å². The molecule has 0 aliphatic rings. The number of rotatable bonds is 8. The minimum atomic E-state index is -3.39. The molecule has 0 bridgehead atoms. The second kappa shape index (κ2) is 7.73. The van der Waals surface area contributed by atoms with Gasteiger partial charge in [-0.2, -0.15) is 0 Å². The van der Waals surface area contributed by atoms with Crippen LogP contribution >= 0.6 is 0 Å². The first-order valence-corrected chi connectivity index (χ1v) is 8.16. The lowest BCUT2D eigenvalue weighted by atomic mass is 10.2. The number of nitrogens with zero attached hydrogens (tertiary/aromatic N) is 2. The summed E-state index contributed by atoms with van der Waals surface area (Å²) in [6, 6.07) is 7.08. The number of hydrogen-bond acceptors (Lipinski definition) is 4.